The standard InChI is InChI=1S/C114H68N18/c1-4-16-55(17-5-1)91-85-49-58-22-10-28-67(94(58)121-85)79-40-34-73-100(115-79)101-74(35-41-80(116-101)68-29-11-23-59-50-86(91)122-95(59)68)107-106(73)127-112(128-107)64-46-65(113-129-108-75-36-42-81-69-30-12-24-60-51-87(123-96(60)69)92(56-18-6-2-7-19-56)88-52-61-25-13-31-70(97(61)124-88)82-43-37-76(109(108)130-113)103(118-82)102(75)117-81)48-66(47-64)114-131-110-77-38-44-83-71-32-14-26-62-53-89(125-98(62)71)93(57-20-8-3-9-21-57)90-54-63-27-15-33-72(99(63)126-90)84-45-39-78(111(110)132-114)105(120-84)104(77)119-83/h1-54,91,106-111,121-123,125H,(H,127,128)(H,129,130)(H,131,132)/b92-88-,93-90-. The average Bonchev–Trinajstić information content (AvgIpc) is 1.47. The molecule has 7 atom stereocenters. The number of pyridine rings is 6. The van der Waals surface area contributed by atoms with Gasteiger partial charge >= 0.3 is 0 Å². The molecule has 7 unspecified atom stereocenters. The van der Waals surface area contributed by atoms with Gasteiger partial charge in [0.15, 0.2) is 0 Å². The molecule has 132 heavy (non-hydrogen) atoms. The van der Waals surface area contributed by atoms with Gasteiger partial charge in [-0.05, 0) is 108 Å². The predicted octanol–water partition coefficient (Wildman–Crippen LogP) is 20.3. The van der Waals surface area contributed by atoms with Gasteiger partial charge in [0.1, 0.15) is 35.6 Å². The molecule has 18 heteroatoms. The third-order valence-electron chi connectivity index (χ3n) is 29.0. The van der Waals surface area contributed by atoms with Crippen molar-refractivity contribution in [2.24, 2.45) is 25.0 Å². The molecule has 8 aliphatic heterocycles. The van der Waals surface area contributed by atoms with Crippen LogP contribution in [0.15, 0.2) is 352 Å². The minimum absolute atomic E-state index is 0.117. The topological polar surface area (TPSA) is 238 Å². The molecule has 0 radical (unpaired) electrons. The van der Waals surface area contributed by atoms with E-state index >= 15 is 0 Å². The van der Waals surface area contributed by atoms with Crippen LogP contribution in [0.3, 0.4) is 0 Å². The van der Waals surface area contributed by atoms with Crippen molar-refractivity contribution in [2.75, 3.05) is 0 Å². The molecule has 0 fully saturated rings. The summed E-state index contributed by atoms with van der Waals surface area (Å²) in [5.74, 6) is 2.01. The van der Waals surface area contributed by atoms with Crippen LogP contribution >= 0.6 is 0 Å². The first-order chi connectivity index (χ1) is 65.3. The Morgan fingerprint density at radius 2 is 0.553 bits per heavy atom. The molecular weight excluding hydrogens is 1620 g/mol. The van der Waals surface area contributed by atoms with Crippen molar-refractivity contribution in [3.63, 3.8) is 0 Å². The Morgan fingerprint density at radius 3 is 0.924 bits per heavy atom. The molecular formula is C114H68N18. The second kappa shape index (κ2) is 26.1. The van der Waals surface area contributed by atoms with Crippen molar-refractivity contribution in [2.45, 2.75) is 42.2 Å². The van der Waals surface area contributed by atoms with Gasteiger partial charge in [0.05, 0.1) is 137 Å². The number of fused-ring (bicyclic) bond motifs is 27. The van der Waals surface area contributed by atoms with Crippen molar-refractivity contribution in [1.29, 1.82) is 0 Å². The minimum atomic E-state index is -0.419. The molecule has 11 aliphatic rings. The van der Waals surface area contributed by atoms with Gasteiger partial charge in [0.2, 0.25) is 0 Å². The first-order valence-electron chi connectivity index (χ1n) is 45.1. The summed E-state index contributed by atoms with van der Waals surface area (Å²) in [5, 5.41) is 20.5. The largest absolute Gasteiger partial charge is 0.360 e. The van der Waals surface area contributed by atoms with E-state index in [9.17, 15) is 0 Å². The number of aromatic nitrogens is 10. The summed E-state index contributed by atoms with van der Waals surface area (Å²) >= 11 is 0. The van der Waals surface area contributed by atoms with Crippen LogP contribution in [0.1, 0.15) is 132 Å². The Kier molecular flexibility index (Phi) is 14.0. The molecule has 614 valence electrons. The number of nitrogens with zero attached hydrogens (tertiary/aromatic N) is 11. The first kappa shape index (κ1) is 70.6. The van der Waals surface area contributed by atoms with Gasteiger partial charge in [0, 0.05) is 149 Å². The molecule has 0 saturated carbocycles. The van der Waals surface area contributed by atoms with Gasteiger partial charge in [-0.1, -0.05) is 237 Å². The monoisotopic (exact) mass is 1690 g/mol. The van der Waals surface area contributed by atoms with Crippen LogP contribution in [-0.2, 0) is 0 Å². The molecule has 0 saturated heterocycles. The maximum atomic E-state index is 5.94. The van der Waals surface area contributed by atoms with Crippen molar-refractivity contribution in [3.05, 3.63) is 438 Å². The van der Waals surface area contributed by atoms with Crippen LogP contribution < -0.4 is 37.1 Å². The second-order valence-corrected chi connectivity index (χ2v) is 36.2. The summed E-state index contributed by atoms with van der Waals surface area (Å²) in [4.78, 5) is 79.4. The Hall–Kier alpha value is -17.5. The van der Waals surface area contributed by atoms with Crippen LogP contribution in [0.4, 0.5) is 0 Å². The van der Waals surface area contributed by atoms with E-state index in [0.29, 0.717) is 17.5 Å². The molecule has 0 amide bonds. The zero-order valence-electron chi connectivity index (χ0n) is 70.1. The van der Waals surface area contributed by atoms with Gasteiger partial charge in [-0.3, -0.25) is 15.0 Å². The summed E-state index contributed by atoms with van der Waals surface area (Å²) in [6.45, 7) is 0. The number of aromatic amines is 4. The van der Waals surface area contributed by atoms with Gasteiger partial charge in [-0.2, -0.15) is 0 Å². The molecule has 31 rings (SSSR count). The Bertz CT molecular complexity index is 8840. The van der Waals surface area contributed by atoms with Crippen LogP contribution in [-0.4, -0.2) is 67.3 Å². The molecule has 10 aromatic carbocycles. The van der Waals surface area contributed by atoms with Crippen molar-refractivity contribution >= 4 is 84.4 Å². The highest BCUT2D eigenvalue weighted by Crippen LogP contribution is 2.55. The molecule has 7 N–H and O–H groups in total. The third-order valence-corrected chi connectivity index (χ3v) is 29.0. The van der Waals surface area contributed by atoms with E-state index in [4.69, 9.17) is 54.9 Å². The lowest BCUT2D eigenvalue weighted by molar-refractivity contribution is 0.561. The molecule has 0 spiro atoms. The molecule has 24 bridgehead atoms. The number of allylic oxidation sites excluding steroid dienone is 2. The highest BCUT2D eigenvalue weighted by Gasteiger charge is 2.46. The minimum Gasteiger partial charge on any atom is -0.360 e. The summed E-state index contributed by atoms with van der Waals surface area (Å²) in [7, 11) is 0. The highest BCUT2D eigenvalue weighted by molar-refractivity contribution is 6.12. The van der Waals surface area contributed by atoms with Gasteiger partial charge in [0.25, 0.3) is 0 Å². The average molecular weight is 1690 g/mol. The molecule has 18 nitrogen and oxygen atoms in total. The molecule has 20 aromatic rings. The number of aliphatic imine (C=N–C) groups is 3. The predicted molar refractivity (Wildman–Crippen MR) is 517 cm³/mol. The van der Waals surface area contributed by atoms with E-state index in [1.165, 1.54) is 5.56 Å². The van der Waals surface area contributed by atoms with Crippen molar-refractivity contribution in [3.8, 4) is 102 Å². The third kappa shape index (κ3) is 10.1. The number of nitrogens with one attached hydrogen (secondary N) is 7. The van der Waals surface area contributed by atoms with E-state index in [-0.39, 0.29) is 24.0 Å². The second-order valence-electron chi connectivity index (χ2n) is 36.2. The number of hydrogen-bond acceptors (Lipinski definition) is 14. The maximum Gasteiger partial charge on any atom is 0.129 e. The fourth-order valence-electron chi connectivity index (χ4n) is 23.0. The van der Waals surface area contributed by atoms with Crippen molar-refractivity contribution < 1.29 is 0 Å². The van der Waals surface area contributed by atoms with E-state index in [0.717, 1.165) is 273 Å². The summed E-state index contributed by atoms with van der Waals surface area (Å²) < 4.78 is 0. The zero-order chi connectivity index (χ0) is 85.6. The Morgan fingerprint density at radius 1 is 0.242 bits per heavy atom. The number of para-hydroxylation sites is 6. The smallest absolute Gasteiger partial charge is 0.129 e. The van der Waals surface area contributed by atoms with Crippen LogP contribution in [0.2, 0.25) is 0 Å². The summed E-state index contributed by atoms with van der Waals surface area (Å²) in [5.41, 5.74) is 39.1. The van der Waals surface area contributed by atoms with E-state index in [1.807, 2.05) is 0 Å². The lowest BCUT2D eigenvalue weighted by atomic mass is 9.84. The number of H-pyrrole nitrogens is 4. The zero-order valence-corrected chi connectivity index (χ0v) is 70.1. The normalized spacial score (nSPS) is 20.0. The number of benzene rings is 10. The van der Waals surface area contributed by atoms with Crippen LogP contribution in [0, 0.1) is 0 Å². The van der Waals surface area contributed by atoms with Crippen LogP contribution in [0.5, 0.6) is 0 Å². The van der Waals surface area contributed by atoms with E-state index < -0.39 is 18.1 Å². The lowest BCUT2D eigenvalue weighted by Crippen LogP contribution is -2.31. The first-order valence-corrected chi connectivity index (χ1v) is 45.1. The molecule has 18 heterocycles. The Labute approximate surface area is 751 Å². The summed E-state index contributed by atoms with van der Waals surface area (Å²) in [6.07, 6.45) is 4.43. The fraction of sp³-hybridized carbons (Fsp3) is 0.0614. The SMILES string of the molecule is C1=c2cccc3c2=N/C1=C(/c1ccccc1)c1cc2cccc(c2[nH]1)-c1ccc2c(n1)-c1nc-3ccc1C1N=C(c3cc(C4=NC5c6ccc7nc6-c6nc(ccc6C5N4)-c4cccc5cc([nH]c45)/C(c4ccccc4)=C4/C=c5cccc-7c5=N4)cc(C4=NC5c6ccc7nc6-c6nc(ccc6C5N4)-c4cccc5cc([nH]c45)C(c4ccccc4)c4cc5cccc-7c5[nH]4)c3)NC21. The number of rotatable bonds is 6. The maximum absolute atomic E-state index is 5.94. The molecule has 10 aromatic heterocycles. The Balaban J connectivity index is 0.584. The highest BCUT2D eigenvalue weighted by atomic mass is 15.2. The van der Waals surface area contributed by atoms with Gasteiger partial charge < -0.3 is 35.9 Å². The van der Waals surface area contributed by atoms with Crippen molar-refractivity contribution in [1.82, 2.24) is 65.8 Å². The van der Waals surface area contributed by atoms with Gasteiger partial charge in [-0.15, -0.1) is 0 Å². The molecule has 3 aliphatic carbocycles. The lowest BCUT2D eigenvalue weighted by Gasteiger charge is -2.29. The number of amidine groups is 3. The van der Waals surface area contributed by atoms with E-state index in [1.54, 1.807) is 0 Å². The number of hydrogen-bond donors (Lipinski definition) is 7. The fourth-order valence-corrected chi connectivity index (χ4v) is 23.0. The van der Waals surface area contributed by atoms with Gasteiger partial charge in [-0.25, -0.2) is 39.9 Å². The van der Waals surface area contributed by atoms with Crippen LogP contribution in [0.25, 0.3) is 169 Å². The quantitative estimate of drug-likeness (QED) is 0.0837. The summed E-state index contributed by atoms with van der Waals surface area (Å²) in [6, 6.07) is 111. The van der Waals surface area contributed by atoms with E-state index in [2.05, 4.69) is 363 Å².